The summed E-state index contributed by atoms with van der Waals surface area (Å²) in [6.45, 7) is 4.65. The fourth-order valence-corrected chi connectivity index (χ4v) is 3.06. The van der Waals surface area contributed by atoms with Crippen LogP contribution in [0.4, 0.5) is 10.7 Å². The Morgan fingerprint density at radius 2 is 2.19 bits per heavy atom. The third-order valence-electron chi connectivity index (χ3n) is 2.78. The molecule has 4 N–H and O–H groups in total. The summed E-state index contributed by atoms with van der Waals surface area (Å²) in [5.74, 6) is -0.175. The number of hydrogen-bond acceptors (Lipinski definition) is 4. The molecule has 0 aliphatic carbocycles. The number of benzene rings is 1. The lowest BCUT2D eigenvalue weighted by Crippen LogP contribution is -2.22. The lowest BCUT2D eigenvalue weighted by atomic mass is 10.2. The molecular weight excluding hydrogens is 350 g/mol. The van der Waals surface area contributed by atoms with Gasteiger partial charge in [0.05, 0.1) is 10.7 Å². The van der Waals surface area contributed by atoms with E-state index < -0.39 is 0 Å². The largest absolute Gasteiger partial charge is 0.397 e. The van der Waals surface area contributed by atoms with E-state index in [1.807, 2.05) is 24.3 Å². The summed E-state index contributed by atoms with van der Waals surface area (Å²) in [6, 6.07) is 9.77. The minimum absolute atomic E-state index is 0.175. The summed E-state index contributed by atoms with van der Waals surface area (Å²) in [6.07, 6.45) is 1.63. The molecule has 1 amide bonds. The van der Waals surface area contributed by atoms with E-state index in [1.54, 1.807) is 12.1 Å². The average molecular weight is 366 g/mol. The van der Waals surface area contributed by atoms with Crippen molar-refractivity contribution in [1.29, 1.82) is 0 Å². The molecule has 0 unspecified atom stereocenters. The molecular formula is C15H16BrN3OS. The van der Waals surface area contributed by atoms with Crippen LogP contribution < -0.4 is 16.4 Å². The lowest BCUT2D eigenvalue weighted by molar-refractivity contribution is 0.0963. The zero-order valence-electron chi connectivity index (χ0n) is 11.4. The van der Waals surface area contributed by atoms with Gasteiger partial charge in [-0.2, -0.15) is 0 Å². The number of amides is 1. The number of halogens is 1. The Kier molecular flexibility index (Phi) is 5.41. The fraction of sp³-hybridized carbons (Fsp3) is 0.133. The minimum atomic E-state index is -0.175. The molecule has 4 nitrogen and oxygen atoms in total. The van der Waals surface area contributed by atoms with Crippen LogP contribution in [0.2, 0.25) is 0 Å². The molecule has 0 radical (unpaired) electrons. The van der Waals surface area contributed by atoms with E-state index in [9.17, 15) is 4.79 Å². The van der Waals surface area contributed by atoms with Gasteiger partial charge >= 0.3 is 0 Å². The van der Waals surface area contributed by atoms with E-state index in [0.29, 0.717) is 23.7 Å². The van der Waals surface area contributed by atoms with Crippen LogP contribution in [0.25, 0.3) is 0 Å². The van der Waals surface area contributed by atoms with Gasteiger partial charge in [0.1, 0.15) is 4.88 Å². The second-order valence-electron chi connectivity index (χ2n) is 4.34. The second-order valence-corrected chi connectivity index (χ2v) is 6.25. The van der Waals surface area contributed by atoms with Gasteiger partial charge < -0.3 is 16.4 Å². The molecule has 1 aromatic heterocycles. The summed E-state index contributed by atoms with van der Waals surface area (Å²) in [7, 11) is 0. The highest BCUT2D eigenvalue weighted by atomic mass is 79.9. The molecule has 0 aliphatic rings. The van der Waals surface area contributed by atoms with Crippen molar-refractivity contribution in [2.75, 3.05) is 17.6 Å². The van der Waals surface area contributed by atoms with Crippen LogP contribution >= 0.6 is 27.3 Å². The van der Waals surface area contributed by atoms with E-state index in [0.717, 1.165) is 15.0 Å². The molecule has 2 aromatic rings. The molecule has 0 fully saturated rings. The number of nitrogens with one attached hydrogen (secondary N) is 2. The minimum Gasteiger partial charge on any atom is -0.397 e. The van der Waals surface area contributed by atoms with Gasteiger partial charge in [-0.1, -0.05) is 40.2 Å². The Morgan fingerprint density at radius 1 is 1.43 bits per heavy atom. The van der Waals surface area contributed by atoms with Crippen molar-refractivity contribution < 1.29 is 4.79 Å². The Labute approximate surface area is 136 Å². The van der Waals surface area contributed by atoms with Gasteiger partial charge in [0.25, 0.3) is 5.91 Å². The van der Waals surface area contributed by atoms with Crippen LogP contribution in [0.15, 0.2) is 47.5 Å². The van der Waals surface area contributed by atoms with Crippen LogP contribution in [0.5, 0.6) is 0 Å². The molecule has 0 saturated heterocycles. The summed E-state index contributed by atoms with van der Waals surface area (Å²) in [4.78, 5) is 12.4. The third-order valence-corrected chi connectivity index (χ3v) is 4.67. The number of carbonyl (C=O) groups is 1. The van der Waals surface area contributed by atoms with Crippen LogP contribution in [-0.4, -0.2) is 12.5 Å². The molecule has 21 heavy (non-hydrogen) atoms. The van der Waals surface area contributed by atoms with Gasteiger partial charge in [-0.15, -0.1) is 17.9 Å². The monoisotopic (exact) mass is 365 g/mol. The van der Waals surface area contributed by atoms with Crippen molar-refractivity contribution in [3.05, 3.63) is 57.9 Å². The van der Waals surface area contributed by atoms with Gasteiger partial charge in [0.2, 0.25) is 0 Å². The van der Waals surface area contributed by atoms with Crippen LogP contribution in [-0.2, 0) is 6.54 Å². The van der Waals surface area contributed by atoms with Crippen LogP contribution in [0.3, 0.4) is 0 Å². The predicted molar refractivity (Wildman–Crippen MR) is 92.7 cm³/mol. The quantitative estimate of drug-likeness (QED) is 0.684. The lowest BCUT2D eigenvalue weighted by Gasteiger charge is -2.05. The summed E-state index contributed by atoms with van der Waals surface area (Å²) in [5, 5.41) is 6.87. The van der Waals surface area contributed by atoms with Gasteiger partial charge in [-0.25, -0.2) is 0 Å². The molecule has 0 aliphatic heterocycles. The van der Waals surface area contributed by atoms with E-state index in [2.05, 4.69) is 33.1 Å². The van der Waals surface area contributed by atoms with Crippen molar-refractivity contribution in [1.82, 2.24) is 5.32 Å². The van der Waals surface area contributed by atoms with Crippen molar-refractivity contribution >= 4 is 43.9 Å². The van der Waals surface area contributed by atoms with Crippen LogP contribution in [0.1, 0.15) is 15.2 Å². The topological polar surface area (TPSA) is 67.2 Å². The van der Waals surface area contributed by atoms with Crippen LogP contribution in [0, 0.1) is 0 Å². The van der Waals surface area contributed by atoms with Crippen molar-refractivity contribution in [2.45, 2.75) is 6.54 Å². The van der Waals surface area contributed by atoms with Crippen molar-refractivity contribution in [3.8, 4) is 0 Å². The second kappa shape index (κ2) is 7.28. The van der Waals surface area contributed by atoms with Gasteiger partial charge in [-0.05, 0) is 17.7 Å². The van der Waals surface area contributed by atoms with Crippen molar-refractivity contribution in [2.24, 2.45) is 0 Å². The van der Waals surface area contributed by atoms with Gasteiger partial charge in [0, 0.05) is 17.6 Å². The van der Waals surface area contributed by atoms with Crippen molar-refractivity contribution in [3.63, 3.8) is 0 Å². The highest BCUT2D eigenvalue weighted by Gasteiger charge is 2.13. The van der Waals surface area contributed by atoms with E-state index >= 15 is 0 Å². The fourth-order valence-electron chi connectivity index (χ4n) is 1.74. The number of nitrogen functional groups attached to an aromatic ring is 1. The Balaban J connectivity index is 2.04. The highest BCUT2D eigenvalue weighted by Crippen LogP contribution is 2.30. The molecule has 110 valence electrons. The first-order valence-electron chi connectivity index (χ1n) is 6.37. The Bertz CT molecular complexity index is 654. The average Bonchev–Trinajstić information content (AvgIpc) is 2.85. The summed E-state index contributed by atoms with van der Waals surface area (Å²) >= 11 is 4.85. The highest BCUT2D eigenvalue weighted by molar-refractivity contribution is 9.10. The zero-order valence-corrected chi connectivity index (χ0v) is 13.8. The number of rotatable bonds is 6. The number of hydrogen-bond donors (Lipinski definition) is 3. The molecule has 0 atom stereocenters. The van der Waals surface area contributed by atoms with E-state index in [4.69, 9.17) is 5.73 Å². The number of carbonyl (C=O) groups excluding carboxylic acids is 1. The molecule has 6 heteroatoms. The first-order chi connectivity index (χ1) is 10.1. The van der Waals surface area contributed by atoms with E-state index in [1.165, 1.54) is 11.3 Å². The summed E-state index contributed by atoms with van der Waals surface area (Å²) in [5.41, 5.74) is 7.51. The maximum Gasteiger partial charge on any atom is 0.263 e. The predicted octanol–water partition coefficient (Wildman–Crippen LogP) is 3.62. The van der Waals surface area contributed by atoms with E-state index in [-0.39, 0.29) is 5.91 Å². The SMILES string of the molecule is C=CCNC(=O)c1sc(NCc2ccccc2Br)cc1N. The standard InChI is InChI=1S/C15H16BrN3OS/c1-2-7-18-15(20)14-12(17)8-13(21-14)19-9-10-5-3-4-6-11(10)16/h2-6,8,19H,1,7,9,17H2,(H,18,20). The maximum atomic E-state index is 11.9. The van der Waals surface area contributed by atoms with Gasteiger partial charge in [0.15, 0.2) is 0 Å². The smallest absolute Gasteiger partial charge is 0.263 e. The molecule has 0 bridgehead atoms. The van der Waals surface area contributed by atoms with Gasteiger partial charge in [-0.3, -0.25) is 4.79 Å². The first kappa shape index (κ1) is 15.6. The number of anilines is 2. The molecule has 0 spiro atoms. The molecule has 0 saturated carbocycles. The first-order valence-corrected chi connectivity index (χ1v) is 7.98. The normalized spacial score (nSPS) is 10.1. The molecule has 1 aromatic carbocycles. The number of nitrogens with two attached hydrogens (primary N) is 1. The molecule has 2 rings (SSSR count). The zero-order chi connectivity index (χ0) is 15.2. The Morgan fingerprint density at radius 3 is 2.90 bits per heavy atom. The number of thiophene rings is 1. The summed E-state index contributed by atoms with van der Waals surface area (Å²) < 4.78 is 1.05. The third kappa shape index (κ3) is 4.09. The molecule has 1 heterocycles. The maximum absolute atomic E-state index is 11.9. The Hall–Kier alpha value is -1.79.